The fourth-order valence-electron chi connectivity index (χ4n) is 2.29. The largest absolute Gasteiger partial charge is 0.484 e. The Morgan fingerprint density at radius 3 is 2.53 bits per heavy atom. The van der Waals surface area contributed by atoms with Crippen LogP contribution in [0.15, 0.2) is 85.6 Å². The number of nitrogens with one attached hydrogen (secondary N) is 2. The lowest BCUT2D eigenvalue weighted by Gasteiger charge is -2.05. The lowest BCUT2D eigenvalue weighted by atomic mass is 10.3. The Bertz CT molecular complexity index is 1110. The van der Waals surface area contributed by atoms with Gasteiger partial charge in [-0.05, 0) is 48.5 Å². The summed E-state index contributed by atoms with van der Waals surface area (Å²) in [5.41, 5.74) is 2.32. The van der Waals surface area contributed by atoms with Crippen molar-refractivity contribution in [2.45, 2.75) is 11.4 Å². The first kappa shape index (κ1) is 21.8. The molecule has 1 heterocycles. The van der Waals surface area contributed by atoms with Gasteiger partial charge in [0.25, 0.3) is 5.91 Å². The van der Waals surface area contributed by atoms with E-state index in [0.717, 1.165) is 4.47 Å². The second-order valence-corrected chi connectivity index (χ2v) is 8.66. The van der Waals surface area contributed by atoms with Crippen molar-refractivity contribution in [2.24, 2.45) is 5.10 Å². The molecule has 1 aromatic heterocycles. The van der Waals surface area contributed by atoms with Gasteiger partial charge >= 0.3 is 0 Å². The number of halogens is 1. The summed E-state index contributed by atoms with van der Waals surface area (Å²) < 4.78 is 38.6. The van der Waals surface area contributed by atoms with Gasteiger partial charge in [-0.1, -0.05) is 34.1 Å². The molecule has 0 aliphatic rings. The zero-order valence-electron chi connectivity index (χ0n) is 15.6. The van der Waals surface area contributed by atoms with Gasteiger partial charge < -0.3 is 9.15 Å². The molecule has 0 radical (unpaired) electrons. The standard InChI is InChI=1S/C20H18BrN3O5S/c21-15-6-10-19(11-7-15)30(26,27)23-13-18-9-8-17(29-18)12-22-24-20(25)14-28-16-4-2-1-3-5-16/h1-12,23H,13-14H2,(H,24,25)/b22-12-. The lowest BCUT2D eigenvalue weighted by molar-refractivity contribution is -0.123. The van der Waals surface area contributed by atoms with E-state index in [1.165, 1.54) is 18.3 Å². The van der Waals surface area contributed by atoms with Crippen molar-refractivity contribution < 1.29 is 22.4 Å². The van der Waals surface area contributed by atoms with Crippen molar-refractivity contribution in [3.63, 3.8) is 0 Å². The van der Waals surface area contributed by atoms with Crippen LogP contribution in [-0.2, 0) is 21.4 Å². The molecule has 0 atom stereocenters. The number of benzene rings is 2. The molecule has 3 aromatic rings. The summed E-state index contributed by atoms with van der Waals surface area (Å²) >= 11 is 3.26. The molecule has 2 N–H and O–H groups in total. The Hall–Kier alpha value is -2.95. The topological polar surface area (TPSA) is 110 Å². The van der Waals surface area contributed by atoms with Crippen molar-refractivity contribution in [1.29, 1.82) is 0 Å². The molecule has 8 nitrogen and oxygen atoms in total. The Morgan fingerprint density at radius 2 is 1.80 bits per heavy atom. The van der Waals surface area contributed by atoms with E-state index in [9.17, 15) is 13.2 Å². The van der Waals surface area contributed by atoms with Gasteiger partial charge in [-0.25, -0.2) is 18.6 Å². The van der Waals surface area contributed by atoms with Crippen LogP contribution in [-0.4, -0.2) is 27.1 Å². The first-order chi connectivity index (χ1) is 14.4. The maximum absolute atomic E-state index is 12.3. The average molecular weight is 492 g/mol. The van der Waals surface area contributed by atoms with E-state index >= 15 is 0 Å². The molecule has 2 aromatic carbocycles. The Labute approximate surface area is 182 Å². The number of amides is 1. The highest BCUT2D eigenvalue weighted by Crippen LogP contribution is 2.15. The fraction of sp³-hybridized carbons (Fsp3) is 0.100. The number of hydrogen-bond acceptors (Lipinski definition) is 6. The number of furan rings is 1. The van der Waals surface area contributed by atoms with E-state index in [1.807, 2.05) is 6.07 Å². The van der Waals surface area contributed by atoms with Crippen LogP contribution in [0.3, 0.4) is 0 Å². The number of rotatable bonds is 9. The second kappa shape index (κ2) is 10.2. The minimum Gasteiger partial charge on any atom is -0.484 e. The van der Waals surface area contributed by atoms with Crippen LogP contribution < -0.4 is 14.9 Å². The Balaban J connectivity index is 1.46. The fourth-order valence-corrected chi connectivity index (χ4v) is 3.55. The molecule has 10 heteroatoms. The molecule has 156 valence electrons. The molecule has 0 bridgehead atoms. The maximum Gasteiger partial charge on any atom is 0.277 e. The molecule has 0 fully saturated rings. The van der Waals surface area contributed by atoms with Crippen molar-refractivity contribution in [3.05, 3.63) is 82.7 Å². The smallest absolute Gasteiger partial charge is 0.277 e. The van der Waals surface area contributed by atoms with Crippen LogP contribution in [0.2, 0.25) is 0 Å². The summed E-state index contributed by atoms with van der Waals surface area (Å²) in [4.78, 5) is 11.9. The highest BCUT2D eigenvalue weighted by Gasteiger charge is 2.14. The first-order valence-electron chi connectivity index (χ1n) is 8.76. The zero-order chi connectivity index (χ0) is 21.4. The zero-order valence-corrected chi connectivity index (χ0v) is 18.0. The molecular formula is C20H18BrN3O5S. The molecule has 1 amide bonds. The number of sulfonamides is 1. The van der Waals surface area contributed by atoms with Gasteiger partial charge in [0.05, 0.1) is 17.7 Å². The van der Waals surface area contributed by atoms with Crippen LogP contribution in [0.25, 0.3) is 0 Å². The number of nitrogens with zero attached hydrogens (tertiary/aromatic N) is 1. The Kier molecular flexibility index (Phi) is 7.39. The number of ether oxygens (including phenoxy) is 1. The minimum atomic E-state index is -3.66. The third-order valence-corrected chi connectivity index (χ3v) is 5.68. The predicted octanol–water partition coefficient (Wildman–Crippen LogP) is 3.05. The number of hydrogen-bond donors (Lipinski definition) is 2. The number of carbonyl (C=O) groups excluding carboxylic acids is 1. The monoisotopic (exact) mass is 491 g/mol. The molecule has 30 heavy (non-hydrogen) atoms. The minimum absolute atomic E-state index is 0.0243. The van der Waals surface area contributed by atoms with Gasteiger partial charge in [0.2, 0.25) is 10.0 Å². The van der Waals surface area contributed by atoms with E-state index < -0.39 is 15.9 Å². The lowest BCUT2D eigenvalue weighted by Crippen LogP contribution is -2.24. The van der Waals surface area contributed by atoms with Crippen molar-refractivity contribution in [2.75, 3.05) is 6.61 Å². The van der Waals surface area contributed by atoms with Crippen LogP contribution in [0.1, 0.15) is 11.5 Å². The van der Waals surface area contributed by atoms with E-state index in [0.29, 0.717) is 17.3 Å². The molecule has 0 saturated carbocycles. The molecule has 3 rings (SSSR count). The summed E-state index contributed by atoms with van der Waals surface area (Å²) in [6, 6.07) is 18.5. The molecule has 0 unspecified atom stereocenters. The summed E-state index contributed by atoms with van der Waals surface area (Å²) in [6.45, 7) is -0.202. The van der Waals surface area contributed by atoms with Crippen molar-refractivity contribution >= 4 is 38.1 Å². The van der Waals surface area contributed by atoms with Crippen molar-refractivity contribution in [1.82, 2.24) is 10.1 Å². The molecule has 0 saturated heterocycles. The van der Waals surface area contributed by atoms with Gasteiger partial charge in [0, 0.05) is 4.47 Å². The first-order valence-corrected chi connectivity index (χ1v) is 11.0. The van der Waals surface area contributed by atoms with E-state index in [2.05, 4.69) is 31.2 Å². The third-order valence-electron chi connectivity index (χ3n) is 3.74. The highest BCUT2D eigenvalue weighted by atomic mass is 79.9. The molecule has 0 spiro atoms. The predicted molar refractivity (Wildman–Crippen MR) is 115 cm³/mol. The van der Waals surface area contributed by atoms with Gasteiger partial charge in [-0.3, -0.25) is 4.79 Å². The van der Waals surface area contributed by atoms with Gasteiger partial charge in [-0.2, -0.15) is 5.10 Å². The van der Waals surface area contributed by atoms with Gasteiger partial charge in [-0.15, -0.1) is 0 Å². The normalized spacial score (nSPS) is 11.5. The number of hydrazone groups is 1. The summed E-state index contributed by atoms with van der Waals surface area (Å²) in [5.74, 6) is 0.912. The van der Waals surface area contributed by atoms with Crippen molar-refractivity contribution in [3.8, 4) is 5.75 Å². The molecule has 0 aliphatic heterocycles. The maximum atomic E-state index is 12.3. The van der Waals surface area contributed by atoms with E-state index in [-0.39, 0.29) is 18.0 Å². The SMILES string of the molecule is O=C(COc1ccccc1)N/N=C\c1ccc(CNS(=O)(=O)c2ccc(Br)cc2)o1. The number of carbonyl (C=O) groups is 1. The van der Waals surface area contributed by atoms with E-state index in [1.54, 1.807) is 48.5 Å². The highest BCUT2D eigenvalue weighted by molar-refractivity contribution is 9.10. The van der Waals surface area contributed by atoms with E-state index in [4.69, 9.17) is 9.15 Å². The summed E-state index contributed by atoms with van der Waals surface area (Å²) in [6.07, 6.45) is 1.31. The summed E-state index contributed by atoms with van der Waals surface area (Å²) in [7, 11) is -3.66. The van der Waals surface area contributed by atoms with Gasteiger partial charge in [0.15, 0.2) is 6.61 Å². The van der Waals surface area contributed by atoms with Crippen LogP contribution in [0.5, 0.6) is 5.75 Å². The van der Waals surface area contributed by atoms with Crippen LogP contribution >= 0.6 is 15.9 Å². The number of para-hydroxylation sites is 1. The third kappa shape index (κ3) is 6.55. The van der Waals surface area contributed by atoms with Gasteiger partial charge in [0.1, 0.15) is 17.3 Å². The second-order valence-electron chi connectivity index (χ2n) is 5.98. The molecular weight excluding hydrogens is 474 g/mol. The van der Waals surface area contributed by atoms with Crippen LogP contribution in [0, 0.1) is 0 Å². The summed E-state index contributed by atoms with van der Waals surface area (Å²) in [5, 5.41) is 3.79. The van der Waals surface area contributed by atoms with Crippen LogP contribution in [0.4, 0.5) is 0 Å². The Morgan fingerprint density at radius 1 is 1.07 bits per heavy atom. The average Bonchev–Trinajstić information content (AvgIpc) is 3.20. The molecule has 0 aliphatic carbocycles. The quantitative estimate of drug-likeness (QED) is 0.353.